The van der Waals surface area contributed by atoms with Crippen LogP contribution in [0.1, 0.15) is 77.0 Å². The van der Waals surface area contributed by atoms with Crippen molar-refractivity contribution in [1.29, 1.82) is 0 Å². The average molecular weight is 335 g/mol. The summed E-state index contributed by atoms with van der Waals surface area (Å²) in [7, 11) is 0. The van der Waals surface area contributed by atoms with E-state index in [1.54, 1.807) is 0 Å². The normalized spacial score (nSPS) is 24.7. The first kappa shape index (κ1) is 17.8. The lowest BCUT2D eigenvalue weighted by atomic mass is 9.86. The Hall–Kier alpha value is -1.06. The first-order chi connectivity index (χ1) is 11.7. The van der Waals surface area contributed by atoms with Crippen LogP contribution < -0.4 is 0 Å². The van der Waals surface area contributed by atoms with Gasteiger partial charge in [-0.3, -0.25) is 9.59 Å². The van der Waals surface area contributed by atoms with Crippen LogP contribution in [0.3, 0.4) is 0 Å². The molecule has 0 aromatic carbocycles. The number of rotatable bonds is 3. The molecule has 0 aromatic heterocycles. The lowest BCUT2D eigenvalue weighted by Gasteiger charge is -2.35. The number of carbonyl (C=O) groups excluding carboxylic acids is 2. The first-order valence-corrected chi connectivity index (χ1v) is 10.3. The number of carbonyl (C=O) groups is 2. The summed E-state index contributed by atoms with van der Waals surface area (Å²) in [6.45, 7) is 3.65. The maximum absolute atomic E-state index is 12.6. The van der Waals surface area contributed by atoms with Crippen molar-refractivity contribution in [2.75, 3.05) is 26.2 Å². The molecule has 2 amide bonds. The number of likely N-dealkylation sites (tertiary alicyclic amines) is 2. The lowest BCUT2D eigenvalue weighted by molar-refractivity contribution is -0.138. The molecular weight excluding hydrogens is 300 g/mol. The molecule has 0 atom stereocenters. The highest BCUT2D eigenvalue weighted by Crippen LogP contribution is 2.28. The largest absolute Gasteiger partial charge is 0.343 e. The summed E-state index contributed by atoms with van der Waals surface area (Å²) in [6, 6.07) is 0. The van der Waals surface area contributed by atoms with Crippen LogP contribution in [-0.4, -0.2) is 47.8 Å². The van der Waals surface area contributed by atoms with Crippen LogP contribution in [0.2, 0.25) is 0 Å². The van der Waals surface area contributed by atoms with E-state index in [0.29, 0.717) is 24.2 Å². The second-order valence-corrected chi connectivity index (χ2v) is 8.10. The molecule has 2 aliphatic heterocycles. The van der Waals surface area contributed by atoms with Gasteiger partial charge in [-0.05, 0) is 44.4 Å². The van der Waals surface area contributed by atoms with Crippen LogP contribution >= 0.6 is 0 Å². The highest BCUT2D eigenvalue weighted by atomic mass is 16.2. The predicted molar refractivity (Wildman–Crippen MR) is 95.5 cm³/mol. The summed E-state index contributed by atoms with van der Waals surface area (Å²) in [5.74, 6) is 1.52. The second kappa shape index (κ2) is 8.87. The van der Waals surface area contributed by atoms with Crippen molar-refractivity contribution in [1.82, 2.24) is 9.80 Å². The molecule has 3 rings (SSSR count). The smallest absolute Gasteiger partial charge is 0.225 e. The van der Waals surface area contributed by atoms with Gasteiger partial charge in [0, 0.05) is 38.5 Å². The molecule has 2 saturated heterocycles. The summed E-state index contributed by atoms with van der Waals surface area (Å²) in [6.07, 6.45) is 13.5. The number of hydrogen-bond acceptors (Lipinski definition) is 2. The minimum absolute atomic E-state index is 0.286. The van der Waals surface area contributed by atoms with Gasteiger partial charge in [0.1, 0.15) is 0 Å². The van der Waals surface area contributed by atoms with E-state index in [1.807, 2.05) is 0 Å². The van der Waals surface area contributed by atoms with Gasteiger partial charge in [0.15, 0.2) is 0 Å². The quantitative estimate of drug-likeness (QED) is 0.791. The summed E-state index contributed by atoms with van der Waals surface area (Å²) in [4.78, 5) is 29.3. The third kappa shape index (κ3) is 4.73. The Labute approximate surface area is 146 Å². The lowest BCUT2D eigenvalue weighted by Crippen LogP contribution is -2.43. The number of amides is 2. The summed E-state index contributed by atoms with van der Waals surface area (Å²) < 4.78 is 0. The Kier molecular flexibility index (Phi) is 6.56. The van der Waals surface area contributed by atoms with E-state index >= 15 is 0 Å². The number of nitrogens with zero attached hydrogens (tertiary/aromatic N) is 2. The zero-order valence-electron chi connectivity index (χ0n) is 15.2. The molecule has 24 heavy (non-hydrogen) atoms. The molecule has 0 spiro atoms. The van der Waals surface area contributed by atoms with Gasteiger partial charge < -0.3 is 9.80 Å². The molecule has 0 radical (unpaired) electrons. The van der Waals surface area contributed by atoms with Crippen molar-refractivity contribution >= 4 is 11.8 Å². The molecular formula is C20H34N2O2. The minimum atomic E-state index is 0.286. The first-order valence-electron chi connectivity index (χ1n) is 10.3. The average Bonchev–Trinajstić information content (AvgIpc) is 2.92. The molecule has 2 heterocycles. The highest BCUT2D eigenvalue weighted by molar-refractivity contribution is 5.79. The molecule has 0 aromatic rings. The van der Waals surface area contributed by atoms with Gasteiger partial charge in [0.25, 0.3) is 0 Å². The Bertz CT molecular complexity index is 415. The zero-order chi connectivity index (χ0) is 16.8. The minimum Gasteiger partial charge on any atom is -0.343 e. The third-order valence-electron chi connectivity index (χ3n) is 6.30. The van der Waals surface area contributed by atoms with Crippen LogP contribution in [0, 0.1) is 11.8 Å². The van der Waals surface area contributed by atoms with Crippen LogP contribution in [0.25, 0.3) is 0 Å². The fraction of sp³-hybridized carbons (Fsp3) is 0.900. The SMILES string of the molecule is O=C(CC1CCN(C(=O)C2CCCCC2)CC1)N1CCCCCC1. The Morgan fingerprint density at radius 3 is 1.88 bits per heavy atom. The molecule has 3 aliphatic rings. The molecule has 136 valence electrons. The van der Waals surface area contributed by atoms with Gasteiger partial charge in [-0.1, -0.05) is 32.1 Å². The summed E-state index contributed by atoms with van der Waals surface area (Å²) >= 11 is 0. The van der Waals surface area contributed by atoms with E-state index in [1.165, 1.54) is 44.9 Å². The van der Waals surface area contributed by atoms with Crippen molar-refractivity contribution in [3.8, 4) is 0 Å². The van der Waals surface area contributed by atoms with Crippen molar-refractivity contribution in [3.63, 3.8) is 0 Å². The number of hydrogen-bond donors (Lipinski definition) is 0. The Morgan fingerprint density at radius 1 is 0.667 bits per heavy atom. The second-order valence-electron chi connectivity index (χ2n) is 8.10. The molecule has 1 saturated carbocycles. The number of piperidine rings is 1. The van der Waals surface area contributed by atoms with E-state index < -0.39 is 0 Å². The highest BCUT2D eigenvalue weighted by Gasteiger charge is 2.30. The Balaban J connectivity index is 1.41. The fourth-order valence-corrected chi connectivity index (χ4v) is 4.66. The van der Waals surface area contributed by atoms with Gasteiger partial charge >= 0.3 is 0 Å². The third-order valence-corrected chi connectivity index (χ3v) is 6.30. The maximum Gasteiger partial charge on any atom is 0.225 e. The topological polar surface area (TPSA) is 40.6 Å². The van der Waals surface area contributed by atoms with Gasteiger partial charge in [0.2, 0.25) is 11.8 Å². The Morgan fingerprint density at radius 2 is 1.25 bits per heavy atom. The summed E-state index contributed by atoms with van der Waals surface area (Å²) in [5.41, 5.74) is 0. The molecule has 0 N–H and O–H groups in total. The van der Waals surface area contributed by atoms with Crippen LogP contribution in [0.5, 0.6) is 0 Å². The van der Waals surface area contributed by atoms with Crippen LogP contribution in [-0.2, 0) is 9.59 Å². The monoisotopic (exact) mass is 334 g/mol. The zero-order valence-corrected chi connectivity index (χ0v) is 15.2. The van der Waals surface area contributed by atoms with E-state index in [0.717, 1.165) is 51.9 Å². The van der Waals surface area contributed by atoms with E-state index in [9.17, 15) is 9.59 Å². The molecule has 4 nitrogen and oxygen atoms in total. The maximum atomic E-state index is 12.6. The van der Waals surface area contributed by atoms with Gasteiger partial charge in [-0.2, -0.15) is 0 Å². The van der Waals surface area contributed by atoms with E-state index in [4.69, 9.17) is 0 Å². The van der Waals surface area contributed by atoms with Gasteiger partial charge in [0.05, 0.1) is 0 Å². The van der Waals surface area contributed by atoms with Crippen molar-refractivity contribution in [2.24, 2.45) is 11.8 Å². The van der Waals surface area contributed by atoms with Gasteiger partial charge in [-0.25, -0.2) is 0 Å². The molecule has 4 heteroatoms. The summed E-state index contributed by atoms with van der Waals surface area (Å²) in [5, 5.41) is 0. The van der Waals surface area contributed by atoms with E-state index in [-0.39, 0.29) is 5.92 Å². The van der Waals surface area contributed by atoms with Crippen molar-refractivity contribution in [2.45, 2.75) is 77.0 Å². The van der Waals surface area contributed by atoms with Crippen molar-refractivity contribution in [3.05, 3.63) is 0 Å². The van der Waals surface area contributed by atoms with Crippen LogP contribution in [0.4, 0.5) is 0 Å². The van der Waals surface area contributed by atoms with E-state index in [2.05, 4.69) is 9.80 Å². The molecule has 0 unspecified atom stereocenters. The van der Waals surface area contributed by atoms with Gasteiger partial charge in [-0.15, -0.1) is 0 Å². The molecule has 3 fully saturated rings. The predicted octanol–water partition coefficient (Wildman–Crippen LogP) is 3.60. The standard InChI is InChI=1S/C20H34N2O2/c23-19(21-12-6-1-2-7-13-21)16-17-10-14-22(15-11-17)20(24)18-8-4-3-5-9-18/h17-18H,1-16H2. The molecule has 1 aliphatic carbocycles. The fourth-order valence-electron chi connectivity index (χ4n) is 4.66. The molecule has 0 bridgehead atoms. The van der Waals surface area contributed by atoms with Crippen LogP contribution in [0.15, 0.2) is 0 Å². The van der Waals surface area contributed by atoms with Crippen molar-refractivity contribution < 1.29 is 9.59 Å².